The van der Waals surface area contributed by atoms with Crippen LogP contribution in [0, 0.1) is 6.92 Å². The Morgan fingerprint density at radius 1 is 1.75 bits per heavy atom. The van der Waals surface area contributed by atoms with Crippen LogP contribution in [-0.2, 0) is 7.05 Å². The molecule has 0 aliphatic heterocycles. The molecule has 1 rings (SSSR count). The third kappa shape index (κ3) is 1.65. The van der Waals surface area contributed by atoms with Gasteiger partial charge in [0.2, 0.25) is 0 Å². The van der Waals surface area contributed by atoms with E-state index in [1.54, 1.807) is 6.33 Å². The van der Waals surface area contributed by atoms with Gasteiger partial charge in [0.25, 0.3) is 0 Å². The monoisotopic (exact) mass is 169 g/mol. The van der Waals surface area contributed by atoms with Gasteiger partial charge in [0.1, 0.15) is 0 Å². The van der Waals surface area contributed by atoms with Crippen molar-refractivity contribution in [2.45, 2.75) is 19.4 Å². The predicted molar refractivity (Wildman–Crippen MR) is 46.6 cm³/mol. The minimum atomic E-state index is -0.517. The molecule has 0 aromatic carbocycles. The molecule has 0 saturated carbocycles. The van der Waals surface area contributed by atoms with Crippen molar-refractivity contribution in [2.75, 3.05) is 6.54 Å². The van der Waals surface area contributed by atoms with Crippen molar-refractivity contribution < 1.29 is 5.11 Å². The van der Waals surface area contributed by atoms with Gasteiger partial charge in [0.05, 0.1) is 18.1 Å². The van der Waals surface area contributed by atoms with E-state index >= 15 is 0 Å². The van der Waals surface area contributed by atoms with Crippen molar-refractivity contribution in [3.8, 4) is 0 Å². The quantitative estimate of drug-likeness (QED) is 0.675. The van der Waals surface area contributed by atoms with E-state index in [4.69, 9.17) is 5.73 Å². The third-order valence-electron chi connectivity index (χ3n) is 2.03. The van der Waals surface area contributed by atoms with Gasteiger partial charge in [-0.05, 0) is 19.9 Å². The molecule has 68 valence electrons. The molecule has 0 aliphatic carbocycles. The normalized spacial score (nSPS) is 13.3. The molecule has 0 spiro atoms. The smallest absolute Gasteiger partial charge is 0.0990 e. The highest BCUT2D eigenvalue weighted by molar-refractivity contribution is 5.13. The van der Waals surface area contributed by atoms with Crippen LogP contribution >= 0.6 is 0 Å². The first-order valence-corrected chi connectivity index (χ1v) is 4.02. The number of nitrogens with two attached hydrogens (primary N) is 1. The van der Waals surface area contributed by atoms with Crippen molar-refractivity contribution in [1.29, 1.82) is 0 Å². The Labute approximate surface area is 72.0 Å². The van der Waals surface area contributed by atoms with E-state index in [9.17, 15) is 5.11 Å². The van der Waals surface area contributed by atoms with Gasteiger partial charge >= 0.3 is 0 Å². The van der Waals surface area contributed by atoms with Gasteiger partial charge in [-0.1, -0.05) is 0 Å². The molecule has 0 radical (unpaired) electrons. The van der Waals surface area contributed by atoms with Crippen molar-refractivity contribution in [3.63, 3.8) is 0 Å². The molecule has 0 fully saturated rings. The number of imidazole rings is 1. The Kier molecular flexibility index (Phi) is 2.83. The summed E-state index contributed by atoms with van der Waals surface area (Å²) in [4.78, 5) is 4.09. The summed E-state index contributed by atoms with van der Waals surface area (Å²) in [5.74, 6) is 0. The van der Waals surface area contributed by atoms with Crippen molar-refractivity contribution in [2.24, 2.45) is 12.8 Å². The number of aliphatic hydroxyl groups is 1. The summed E-state index contributed by atoms with van der Waals surface area (Å²) in [6.45, 7) is 2.42. The first-order chi connectivity index (χ1) is 5.66. The summed E-state index contributed by atoms with van der Waals surface area (Å²) < 4.78 is 1.88. The molecule has 0 aliphatic rings. The molecule has 12 heavy (non-hydrogen) atoms. The minimum Gasteiger partial charge on any atom is -0.387 e. The minimum absolute atomic E-state index is 0.483. The number of aliphatic hydroxyl groups excluding tert-OH is 1. The van der Waals surface area contributed by atoms with Crippen molar-refractivity contribution in [3.05, 3.63) is 17.7 Å². The van der Waals surface area contributed by atoms with Crippen LogP contribution in [0.4, 0.5) is 0 Å². The second kappa shape index (κ2) is 3.69. The Balaban J connectivity index is 2.80. The van der Waals surface area contributed by atoms with E-state index in [2.05, 4.69) is 4.98 Å². The Hall–Kier alpha value is -0.870. The van der Waals surface area contributed by atoms with Gasteiger partial charge in [0.15, 0.2) is 0 Å². The molecule has 4 nitrogen and oxygen atoms in total. The van der Waals surface area contributed by atoms with Crippen molar-refractivity contribution >= 4 is 0 Å². The molecule has 0 bridgehead atoms. The summed E-state index contributed by atoms with van der Waals surface area (Å²) in [5, 5.41) is 9.56. The lowest BCUT2D eigenvalue weighted by Crippen LogP contribution is -2.08. The maximum Gasteiger partial charge on any atom is 0.0990 e. The fraction of sp³-hybridized carbons (Fsp3) is 0.625. The number of hydrogen-bond donors (Lipinski definition) is 2. The maximum absolute atomic E-state index is 9.56. The average Bonchev–Trinajstić information content (AvgIpc) is 2.34. The second-order valence-corrected chi connectivity index (χ2v) is 2.92. The number of rotatable bonds is 3. The molecule has 1 unspecified atom stereocenters. The highest BCUT2D eigenvalue weighted by Gasteiger charge is 2.12. The number of aryl methyl sites for hydroxylation is 1. The van der Waals surface area contributed by atoms with Crippen LogP contribution < -0.4 is 5.73 Å². The van der Waals surface area contributed by atoms with Crippen LogP contribution in [-0.4, -0.2) is 21.2 Å². The van der Waals surface area contributed by atoms with Gasteiger partial charge in [-0.3, -0.25) is 0 Å². The SMILES string of the molecule is Cc1c(C(O)CCN)ncn1C. The molecule has 1 aromatic rings. The molecular formula is C8H15N3O. The number of nitrogens with zero attached hydrogens (tertiary/aromatic N) is 2. The Bertz CT molecular complexity index is 257. The van der Waals surface area contributed by atoms with E-state index in [1.807, 2.05) is 18.5 Å². The zero-order chi connectivity index (χ0) is 9.14. The van der Waals surface area contributed by atoms with E-state index in [1.165, 1.54) is 0 Å². The standard InChI is InChI=1S/C8H15N3O/c1-6-8(7(12)3-4-9)10-5-11(6)2/h5,7,12H,3-4,9H2,1-2H3. The predicted octanol–water partition coefficient (Wildman–Crippen LogP) is 0.111. The van der Waals surface area contributed by atoms with E-state index in [-0.39, 0.29) is 0 Å². The largest absolute Gasteiger partial charge is 0.387 e. The fourth-order valence-electron chi connectivity index (χ4n) is 1.13. The summed E-state index contributed by atoms with van der Waals surface area (Å²) in [6.07, 6.45) is 1.75. The number of hydrogen-bond acceptors (Lipinski definition) is 3. The summed E-state index contributed by atoms with van der Waals surface area (Å²) in [7, 11) is 1.90. The zero-order valence-electron chi connectivity index (χ0n) is 7.49. The van der Waals surface area contributed by atoms with E-state index in [0.29, 0.717) is 13.0 Å². The highest BCUT2D eigenvalue weighted by atomic mass is 16.3. The topological polar surface area (TPSA) is 64.1 Å². The molecule has 3 N–H and O–H groups in total. The molecule has 0 amide bonds. The summed E-state index contributed by atoms with van der Waals surface area (Å²) in [6, 6.07) is 0. The summed E-state index contributed by atoms with van der Waals surface area (Å²) >= 11 is 0. The number of aromatic nitrogens is 2. The van der Waals surface area contributed by atoms with Gasteiger partial charge in [-0.25, -0.2) is 4.98 Å². The van der Waals surface area contributed by atoms with Crippen LogP contribution in [0.5, 0.6) is 0 Å². The average molecular weight is 169 g/mol. The molecule has 1 heterocycles. The van der Waals surface area contributed by atoms with Gasteiger partial charge in [0, 0.05) is 12.7 Å². The lowest BCUT2D eigenvalue weighted by atomic mass is 10.1. The second-order valence-electron chi connectivity index (χ2n) is 2.92. The molecule has 1 aromatic heterocycles. The van der Waals surface area contributed by atoms with Crippen LogP contribution in [0.15, 0.2) is 6.33 Å². The van der Waals surface area contributed by atoms with Crippen molar-refractivity contribution in [1.82, 2.24) is 9.55 Å². The van der Waals surface area contributed by atoms with Gasteiger partial charge in [-0.15, -0.1) is 0 Å². The molecule has 4 heteroatoms. The fourth-order valence-corrected chi connectivity index (χ4v) is 1.13. The van der Waals surface area contributed by atoms with E-state index in [0.717, 1.165) is 11.4 Å². The molecular weight excluding hydrogens is 154 g/mol. The Morgan fingerprint density at radius 3 is 2.83 bits per heavy atom. The van der Waals surface area contributed by atoms with E-state index < -0.39 is 6.10 Å². The molecule has 0 saturated heterocycles. The zero-order valence-corrected chi connectivity index (χ0v) is 7.49. The lowest BCUT2D eigenvalue weighted by Gasteiger charge is -2.07. The molecule has 1 atom stereocenters. The lowest BCUT2D eigenvalue weighted by molar-refractivity contribution is 0.165. The van der Waals surface area contributed by atoms with Crippen LogP contribution in [0.3, 0.4) is 0 Å². The first-order valence-electron chi connectivity index (χ1n) is 4.02. The third-order valence-corrected chi connectivity index (χ3v) is 2.03. The van der Waals surface area contributed by atoms with Gasteiger partial charge in [-0.2, -0.15) is 0 Å². The first kappa shape index (κ1) is 9.22. The Morgan fingerprint density at radius 2 is 2.42 bits per heavy atom. The maximum atomic E-state index is 9.56. The highest BCUT2D eigenvalue weighted by Crippen LogP contribution is 2.16. The van der Waals surface area contributed by atoms with Gasteiger partial charge < -0.3 is 15.4 Å². The van der Waals surface area contributed by atoms with Crippen LogP contribution in [0.1, 0.15) is 23.9 Å². The van der Waals surface area contributed by atoms with Crippen LogP contribution in [0.2, 0.25) is 0 Å². The van der Waals surface area contributed by atoms with Crippen LogP contribution in [0.25, 0.3) is 0 Å². The summed E-state index contributed by atoms with van der Waals surface area (Å²) in [5.41, 5.74) is 7.06.